The van der Waals surface area contributed by atoms with Gasteiger partial charge in [-0.05, 0) is 43.8 Å². The highest BCUT2D eigenvalue weighted by molar-refractivity contribution is 9.10. The standard InChI is InChI=1S/C16H20BrNO2/c1-4-11-7-9-15(20-11)16(18-3)13-8-6-12(19-5-2)10-14(13)17/h6-10,16,18H,4-5H2,1-3H3. The third-order valence-corrected chi connectivity index (χ3v) is 3.88. The Morgan fingerprint density at radius 1 is 1.25 bits per heavy atom. The summed E-state index contributed by atoms with van der Waals surface area (Å²) in [6, 6.07) is 10.1. The fourth-order valence-corrected chi connectivity index (χ4v) is 2.78. The fourth-order valence-electron chi connectivity index (χ4n) is 2.19. The van der Waals surface area contributed by atoms with Gasteiger partial charge in [-0.15, -0.1) is 0 Å². The first-order valence-electron chi connectivity index (χ1n) is 6.87. The van der Waals surface area contributed by atoms with Crippen molar-refractivity contribution in [1.29, 1.82) is 0 Å². The Labute approximate surface area is 128 Å². The largest absolute Gasteiger partial charge is 0.494 e. The lowest BCUT2D eigenvalue weighted by atomic mass is 10.0. The van der Waals surface area contributed by atoms with E-state index < -0.39 is 0 Å². The molecule has 1 unspecified atom stereocenters. The van der Waals surface area contributed by atoms with Crippen LogP contribution in [0.5, 0.6) is 5.75 Å². The van der Waals surface area contributed by atoms with E-state index >= 15 is 0 Å². The van der Waals surface area contributed by atoms with E-state index in [9.17, 15) is 0 Å². The highest BCUT2D eigenvalue weighted by Gasteiger charge is 2.18. The molecule has 20 heavy (non-hydrogen) atoms. The Balaban J connectivity index is 2.31. The molecular weight excluding hydrogens is 318 g/mol. The van der Waals surface area contributed by atoms with Gasteiger partial charge in [0.1, 0.15) is 17.3 Å². The minimum atomic E-state index is 0.0281. The molecule has 0 spiro atoms. The van der Waals surface area contributed by atoms with Gasteiger partial charge in [-0.3, -0.25) is 0 Å². The molecule has 3 nitrogen and oxygen atoms in total. The molecule has 0 bridgehead atoms. The van der Waals surface area contributed by atoms with Crippen LogP contribution in [0.3, 0.4) is 0 Å². The summed E-state index contributed by atoms with van der Waals surface area (Å²) in [7, 11) is 1.93. The Morgan fingerprint density at radius 3 is 2.60 bits per heavy atom. The molecule has 0 aliphatic heterocycles. The van der Waals surface area contributed by atoms with Gasteiger partial charge in [-0.25, -0.2) is 0 Å². The second-order valence-electron chi connectivity index (χ2n) is 4.50. The van der Waals surface area contributed by atoms with Crippen LogP contribution in [-0.4, -0.2) is 13.7 Å². The van der Waals surface area contributed by atoms with Gasteiger partial charge in [0.05, 0.1) is 12.6 Å². The van der Waals surface area contributed by atoms with Crippen LogP contribution in [0, 0.1) is 0 Å². The fraction of sp³-hybridized carbons (Fsp3) is 0.375. The molecule has 1 aromatic heterocycles. The van der Waals surface area contributed by atoms with E-state index in [0.29, 0.717) is 6.61 Å². The Bertz CT molecular complexity index is 565. The quantitative estimate of drug-likeness (QED) is 0.852. The Morgan fingerprint density at radius 2 is 2.05 bits per heavy atom. The van der Waals surface area contributed by atoms with Crippen molar-refractivity contribution < 1.29 is 9.15 Å². The van der Waals surface area contributed by atoms with Gasteiger partial charge in [0.15, 0.2) is 0 Å². The lowest BCUT2D eigenvalue weighted by molar-refractivity contribution is 0.339. The number of hydrogen-bond donors (Lipinski definition) is 1. The van der Waals surface area contributed by atoms with E-state index in [0.717, 1.165) is 33.7 Å². The van der Waals surface area contributed by atoms with Gasteiger partial charge in [-0.1, -0.05) is 28.9 Å². The third kappa shape index (κ3) is 3.25. The van der Waals surface area contributed by atoms with Crippen molar-refractivity contribution in [1.82, 2.24) is 5.32 Å². The number of aryl methyl sites for hydroxylation is 1. The summed E-state index contributed by atoms with van der Waals surface area (Å²) < 4.78 is 12.4. The van der Waals surface area contributed by atoms with Gasteiger partial charge in [0.25, 0.3) is 0 Å². The summed E-state index contributed by atoms with van der Waals surface area (Å²) in [5, 5.41) is 3.30. The number of nitrogens with one attached hydrogen (secondary N) is 1. The van der Waals surface area contributed by atoms with Crippen LogP contribution in [-0.2, 0) is 6.42 Å². The molecule has 1 aromatic carbocycles. The molecule has 0 saturated heterocycles. The molecule has 108 valence electrons. The van der Waals surface area contributed by atoms with Crippen LogP contribution in [0.1, 0.15) is 37.0 Å². The molecule has 1 atom stereocenters. The predicted molar refractivity (Wildman–Crippen MR) is 84.3 cm³/mol. The minimum absolute atomic E-state index is 0.0281. The summed E-state index contributed by atoms with van der Waals surface area (Å²) in [6.07, 6.45) is 0.904. The average molecular weight is 338 g/mol. The topological polar surface area (TPSA) is 34.4 Å². The second kappa shape index (κ2) is 6.95. The molecule has 1 N–H and O–H groups in total. The van der Waals surface area contributed by atoms with E-state index in [-0.39, 0.29) is 6.04 Å². The average Bonchev–Trinajstić information content (AvgIpc) is 2.91. The first-order valence-corrected chi connectivity index (χ1v) is 7.67. The molecular formula is C16H20BrNO2. The van der Waals surface area contributed by atoms with Crippen LogP contribution in [0.15, 0.2) is 39.2 Å². The van der Waals surface area contributed by atoms with E-state index in [1.807, 2.05) is 38.2 Å². The maximum Gasteiger partial charge on any atom is 0.125 e. The van der Waals surface area contributed by atoms with Gasteiger partial charge in [-0.2, -0.15) is 0 Å². The van der Waals surface area contributed by atoms with Gasteiger partial charge in [0, 0.05) is 10.9 Å². The molecule has 4 heteroatoms. The van der Waals surface area contributed by atoms with Crippen molar-refractivity contribution >= 4 is 15.9 Å². The van der Waals surface area contributed by atoms with E-state index in [1.54, 1.807) is 0 Å². The SMILES string of the molecule is CCOc1ccc(C(NC)c2ccc(CC)o2)c(Br)c1. The number of hydrogen-bond acceptors (Lipinski definition) is 3. The third-order valence-electron chi connectivity index (χ3n) is 3.20. The lowest BCUT2D eigenvalue weighted by Crippen LogP contribution is -2.17. The van der Waals surface area contributed by atoms with Crippen LogP contribution in [0.4, 0.5) is 0 Å². The molecule has 0 aliphatic carbocycles. The first-order chi connectivity index (χ1) is 9.69. The Hall–Kier alpha value is -1.26. The number of rotatable bonds is 6. The van der Waals surface area contributed by atoms with Crippen LogP contribution in [0.25, 0.3) is 0 Å². The molecule has 0 radical (unpaired) electrons. The second-order valence-corrected chi connectivity index (χ2v) is 5.35. The molecule has 1 heterocycles. The summed E-state index contributed by atoms with van der Waals surface area (Å²) in [5.74, 6) is 2.79. The smallest absolute Gasteiger partial charge is 0.125 e. The van der Waals surface area contributed by atoms with Crippen LogP contribution in [0.2, 0.25) is 0 Å². The summed E-state index contributed by atoms with van der Waals surface area (Å²) in [5.41, 5.74) is 1.13. The van der Waals surface area contributed by atoms with Crippen molar-refractivity contribution in [3.05, 3.63) is 51.9 Å². The molecule has 0 saturated carbocycles. The van der Waals surface area contributed by atoms with Crippen molar-refractivity contribution in [2.24, 2.45) is 0 Å². The Kier molecular flexibility index (Phi) is 5.26. The molecule has 0 fully saturated rings. The molecule has 2 aromatic rings. The van der Waals surface area contributed by atoms with Crippen LogP contribution >= 0.6 is 15.9 Å². The van der Waals surface area contributed by atoms with Gasteiger partial charge in [0.2, 0.25) is 0 Å². The maximum atomic E-state index is 5.86. The lowest BCUT2D eigenvalue weighted by Gasteiger charge is -2.17. The number of benzene rings is 1. The highest BCUT2D eigenvalue weighted by atomic mass is 79.9. The zero-order chi connectivity index (χ0) is 14.5. The minimum Gasteiger partial charge on any atom is -0.494 e. The van der Waals surface area contributed by atoms with E-state index in [2.05, 4.69) is 34.2 Å². The predicted octanol–water partition coefficient (Wildman–Crippen LogP) is 4.31. The zero-order valence-electron chi connectivity index (χ0n) is 12.1. The maximum absolute atomic E-state index is 5.86. The first kappa shape index (κ1) is 15.1. The number of furan rings is 1. The summed E-state index contributed by atoms with van der Waals surface area (Å²) >= 11 is 3.62. The highest BCUT2D eigenvalue weighted by Crippen LogP contribution is 2.32. The normalized spacial score (nSPS) is 12.4. The summed E-state index contributed by atoms with van der Waals surface area (Å²) in [6.45, 7) is 4.73. The zero-order valence-corrected chi connectivity index (χ0v) is 13.7. The molecule has 0 aliphatic rings. The van der Waals surface area contributed by atoms with Gasteiger partial charge < -0.3 is 14.5 Å². The van der Waals surface area contributed by atoms with E-state index in [4.69, 9.17) is 9.15 Å². The van der Waals surface area contributed by atoms with Crippen molar-refractivity contribution in [2.75, 3.05) is 13.7 Å². The summed E-state index contributed by atoms with van der Waals surface area (Å²) in [4.78, 5) is 0. The van der Waals surface area contributed by atoms with Crippen molar-refractivity contribution in [2.45, 2.75) is 26.3 Å². The van der Waals surface area contributed by atoms with Crippen LogP contribution < -0.4 is 10.1 Å². The number of ether oxygens (including phenoxy) is 1. The monoisotopic (exact) mass is 337 g/mol. The molecule has 2 rings (SSSR count). The molecule has 0 amide bonds. The van der Waals surface area contributed by atoms with Crippen molar-refractivity contribution in [3.63, 3.8) is 0 Å². The van der Waals surface area contributed by atoms with E-state index in [1.165, 1.54) is 0 Å². The van der Waals surface area contributed by atoms with Gasteiger partial charge >= 0.3 is 0 Å². The number of halogens is 1. The van der Waals surface area contributed by atoms with Crippen molar-refractivity contribution in [3.8, 4) is 5.75 Å².